The van der Waals surface area contributed by atoms with Gasteiger partial charge in [-0.25, -0.2) is 8.42 Å². The summed E-state index contributed by atoms with van der Waals surface area (Å²) in [6.07, 6.45) is 0. The van der Waals surface area contributed by atoms with Gasteiger partial charge in [0, 0.05) is 26.2 Å². The van der Waals surface area contributed by atoms with Gasteiger partial charge < -0.3 is 4.90 Å². The summed E-state index contributed by atoms with van der Waals surface area (Å²) in [6, 6.07) is 16.6. The molecule has 1 fully saturated rings. The van der Waals surface area contributed by atoms with Gasteiger partial charge in [-0.15, -0.1) is 0 Å². The number of hydrogen-bond donors (Lipinski definition) is 0. The van der Waals surface area contributed by atoms with Crippen molar-refractivity contribution in [2.45, 2.75) is 31.1 Å². The maximum Gasteiger partial charge on any atom is 0.243 e. The maximum atomic E-state index is 13.0. The largest absolute Gasteiger partial charge is 0.339 e. The van der Waals surface area contributed by atoms with Crippen LogP contribution >= 0.6 is 0 Å². The van der Waals surface area contributed by atoms with Crippen molar-refractivity contribution in [3.63, 3.8) is 0 Å². The third-order valence-corrected chi connectivity index (χ3v) is 7.08. The Bertz CT molecular complexity index is 915. The summed E-state index contributed by atoms with van der Waals surface area (Å²) in [5.41, 5.74) is 1.23. The van der Waals surface area contributed by atoms with E-state index in [4.69, 9.17) is 0 Å². The van der Waals surface area contributed by atoms with Gasteiger partial charge in [0.2, 0.25) is 15.9 Å². The van der Waals surface area contributed by atoms with E-state index in [0.29, 0.717) is 31.1 Å². The number of amides is 1. The van der Waals surface area contributed by atoms with E-state index in [-0.39, 0.29) is 5.91 Å². The van der Waals surface area contributed by atoms with Crippen LogP contribution in [-0.2, 0) is 20.2 Å². The van der Waals surface area contributed by atoms with E-state index < -0.39 is 15.4 Å². The molecule has 0 unspecified atom stereocenters. The minimum Gasteiger partial charge on any atom is -0.339 e. The molecule has 1 heterocycles. The number of sulfonamides is 1. The molecule has 0 radical (unpaired) electrons. The number of carbonyl (C=O) groups is 1. The molecule has 144 valence electrons. The summed E-state index contributed by atoms with van der Waals surface area (Å²) in [6.45, 7) is 7.14. The minimum absolute atomic E-state index is 0.0290. The van der Waals surface area contributed by atoms with Crippen molar-refractivity contribution >= 4 is 15.9 Å². The summed E-state index contributed by atoms with van der Waals surface area (Å²) >= 11 is 0. The lowest BCUT2D eigenvalue weighted by atomic mass is 9.83. The zero-order valence-electron chi connectivity index (χ0n) is 16.1. The minimum atomic E-state index is -3.53. The zero-order valence-corrected chi connectivity index (χ0v) is 16.9. The molecule has 2 aromatic carbocycles. The third kappa shape index (κ3) is 3.92. The Morgan fingerprint density at radius 1 is 0.926 bits per heavy atom. The molecular weight excluding hydrogens is 360 g/mol. The van der Waals surface area contributed by atoms with Crippen LogP contribution in [0.5, 0.6) is 0 Å². The maximum absolute atomic E-state index is 13.0. The molecule has 0 spiro atoms. The van der Waals surface area contributed by atoms with Crippen molar-refractivity contribution in [1.82, 2.24) is 9.21 Å². The second kappa shape index (κ2) is 7.44. The van der Waals surface area contributed by atoms with Crippen LogP contribution in [0.3, 0.4) is 0 Å². The Labute approximate surface area is 161 Å². The average molecular weight is 387 g/mol. The predicted octanol–water partition coefficient (Wildman–Crippen LogP) is 2.81. The Kier molecular flexibility index (Phi) is 5.40. The fraction of sp³-hybridized carbons (Fsp3) is 0.381. The molecule has 1 saturated heterocycles. The molecule has 0 bridgehead atoms. The molecule has 27 heavy (non-hydrogen) atoms. The van der Waals surface area contributed by atoms with Crippen LogP contribution in [0.2, 0.25) is 0 Å². The summed E-state index contributed by atoms with van der Waals surface area (Å²) in [4.78, 5) is 15.1. The molecule has 1 aliphatic heterocycles. The topological polar surface area (TPSA) is 57.7 Å². The van der Waals surface area contributed by atoms with Gasteiger partial charge in [0.1, 0.15) is 0 Å². The molecule has 0 atom stereocenters. The van der Waals surface area contributed by atoms with Gasteiger partial charge in [0.05, 0.1) is 10.3 Å². The highest BCUT2D eigenvalue weighted by atomic mass is 32.2. The second-order valence-corrected chi connectivity index (χ2v) is 9.44. The van der Waals surface area contributed by atoms with Crippen LogP contribution in [0.15, 0.2) is 59.5 Å². The smallest absolute Gasteiger partial charge is 0.243 e. The highest BCUT2D eigenvalue weighted by molar-refractivity contribution is 7.89. The summed E-state index contributed by atoms with van der Waals surface area (Å²) in [5.74, 6) is 0.0290. The predicted molar refractivity (Wildman–Crippen MR) is 106 cm³/mol. The second-order valence-electron chi connectivity index (χ2n) is 7.50. The van der Waals surface area contributed by atoms with Gasteiger partial charge in [-0.3, -0.25) is 4.79 Å². The van der Waals surface area contributed by atoms with Crippen molar-refractivity contribution in [2.24, 2.45) is 0 Å². The number of nitrogens with zero attached hydrogens (tertiary/aromatic N) is 2. The van der Waals surface area contributed by atoms with Crippen LogP contribution in [0.1, 0.15) is 25.0 Å². The van der Waals surface area contributed by atoms with Crippen LogP contribution in [0.25, 0.3) is 0 Å². The van der Waals surface area contributed by atoms with Crippen molar-refractivity contribution in [1.29, 1.82) is 0 Å². The number of benzene rings is 2. The van der Waals surface area contributed by atoms with Crippen LogP contribution in [-0.4, -0.2) is 49.7 Å². The number of piperazine rings is 1. The Morgan fingerprint density at radius 2 is 1.56 bits per heavy atom. The standard InChI is InChI=1S/C21H26N2O3S/c1-17-8-7-11-19(16-17)27(25,26)23-14-12-22(13-15-23)20(24)21(2,3)18-9-5-4-6-10-18/h4-11,16H,12-15H2,1-3H3. The fourth-order valence-electron chi connectivity index (χ4n) is 3.43. The zero-order chi connectivity index (χ0) is 19.7. The van der Waals surface area contributed by atoms with Crippen LogP contribution in [0.4, 0.5) is 0 Å². The van der Waals surface area contributed by atoms with E-state index >= 15 is 0 Å². The molecule has 0 saturated carbocycles. The van der Waals surface area contributed by atoms with Crippen molar-refractivity contribution in [3.8, 4) is 0 Å². The molecule has 2 aromatic rings. The quantitative estimate of drug-likeness (QED) is 0.812. The Morgan fingerprint density at radius 3 is 2.15 bits per heavy atom. The van der Waals surface area contributed by atoms with Crippen molar-refractivity contribution in [2.75, 3.05) is 26.2 Å². The van der Waals surface area contributed by atoms with E-state index in [1.54, 1.807) is 23.1 Å². The molecule has 3 rings (SSSR count). The number of hydrogen-bond acceptors (Lipinski definition) is 3. The van der Waals surface area contributed by atoms with Gasteiger partial charge in [-0.05, 0) is 44.0 Å². The normalized spacial score (nSPS) is 16.3. The first-order valence-corrected chi connectivity index (χ1v) is 10.6. The van der Waals surface area contributed by atoms with Crippen LogP contribution in [0, 0.1) is 6.92 Å². The lowest BCUT2D eigenvalue weighted by molar-refractivity contribution is -0.137. The first-order chi connectivity index (χ1) is 12.7. The SMILES string of the molecule is Cc1cccc(S(=O)(=O)N2CCN(C(=O)C(C)(C)c3ccccc3)CC2)c1. The first kappa shape index (κ1) is 19.6. The fourth-order valence-corrected chi connectivity index (χ4v) is 4.96. The third-order valence-electron chi connectivity index (χ3n) is 5.18. The highest BCUT2D eigenvalue weighted by Crippen LogP contribution is 2.27. The van der Waals surface area contributed by atoms with Gasteiger partial charge in [0.15, 0.2) is 0 Å². The molecule has 6 heteroatoms. The molecule has 1 aliphatic rings. The Balaban J connectivity index is 1.71. The monoisotopic (exact) mass is 386 g/mol. The first-order valence-electron chi connectivity index (χ1n) is 9.14. The molecule has 1 amide bonds. The van der Waals surface area contributed by atoms with Crippen LogP contribution < -0.4 is 0 Å². The molecular formula is C21H26N2O3S. The van der Waals surface area contributed by atoms with Crippen molar-refractivity contribution in [3.05, 3.63) is 65.7 Å². The molecule has 0 N–H and O–H groups in total. The van der Waals surface area contributed by atoms with Crippen molar-refractivity contribution < 1.29 is 13.2 Å². The summed E-state index contributed by atoms with van der Waals surface area (Å²) < 4.78 is 27.2. The van der Waals surface area contributed by atoms with Gasteiger partial charge in [-0.2, -0.15) is 4.31 Å². The molecule has 0 aliphatic carbocycles. The summed E-state index contributed by atoms with van der Waals surface area (Å²) in [7, 11) is -3.53. The Hall–Kier alpha value is -2.18. The number of rotatable bonds is 4. The average Bonchev–Trinajstić information content (AvgIpc) is 2.68. The van der Waals surface area contributed by atoms with E-state index in [1.165, 1.54) is 4.31 Å². The van der Waals surface area contributed by atoms with E-state index in [0.717, 1.165) is 11.1 Å². The lowest BCUT2D eigenvalue weighted by Gasteiger charge is -2.38. The highest BCUT2D eigenvalue weighted by Gasteiger charge is 2.37. The molecule has 5 nitrogen and oxygen atoms in total. The van der Waals surface area contributed by atoms with Gasteiger partial charge in [-0.1, -0.05) is 42.5 Å². The number of carbonyl (C=O) groups excluding carboxylic acids is 1. The van der Waals surface area contributed by atoms with E-state index in [2.05, 4.69) is 0 Å². The van der Waals surface area contributed by atoms with Gasteiger partial charge in [0.25, 0.3) is 0 Å². The van der Waals surface area contributed by atoms with E-state index in [1.807, 2.05) is 57.2 Å². The van der Waals surface area contributed by atoms with E-state index in [9.17, 15) is 13.2 Å². The summed E-state index contributed by atoms with van der Waals surface area (Å²) in [5, 5.41) is 0. The molecule has 0 aromatic heterocycles. The number of aryl methyl sites for hydroxylation is 1. The van der Waals surface area contributed by atoms with Gasteiger partial charge >= 0.3 is 0 Å². The lowest BCUT2D eigenvalue weighted by Crippen LogP contribution is -2.54.